The Morgan fingerprint density at radius 3 is 1.60 bits per heavy atom. The maximum Gasteiger partial charge on any atom is 0.293 e. The number of carbonyl (C=O) groups excluding carboxylic acids is 1. The Hall–Kier alpha value is -0.530. The van der Waals surface area contributed by atoms with Gasteiger partial charge in [-0.25, -0.2) is 0 Å². The molecular formula is C8H18O2. The van der Waals surface area contributed by atoms with E-state index < -0.39 is 0 Å². The molecule has 0 aliphatic heterocycles. The molecule has 10 heavy (non-hydrogen) atoms. The van der Waals surface area contributed by atoms with Crippen LogP contribution in [0.3, 0.4) is 0 Å². The maximum absolute atomic E-state index is 9.60. The van der Waals surface area contributed by atoms with Crippen molar-refractivity contribution in [3.63, 3.8) is 0 Å². The van der Waals surface area contributed by atoms with Crippen molar-refractivity contribution in [2.24, 2.45) is 0 Å². The molecule has 2 nitrogen and oxygen atoms in total. The number of hydrogen-bond donors (Lipinski definition) is 0. The first-order valence-electron chi connectivity index (χ1n) is 3.59. The first-order chi connectivity index (χ1) is 4.47. The van der Waals surface area contributed by atoms with Crippen molar-refractivity contribution < 1.29 is 9.53 Å². The SMILES string of the molecule is CC(C)(C)OC=O.CCC. The molecule has 0 radical (unpaired) electrons. The van der Waals surface area contributed by atoms with Gasteiger partial charge in [-0.1, -0.05) is 20.3 Å². The van der Waals surface area contributed by atoms with Crippen LogP contribution in [0.4, 0.5) is 0 Å². The van der Waals surface area contributed by atoms with E-state index in [9.17, 15) is 4.79 Å². The molecular weight excluding hydrogens is 128 g/mol. The molecule has 0 spiro atoms. The summed E-state index contributed by atoms with van der Waals surface area (Å²) in [5.41, 5.74) is -0.318. The quantitative estimate of drug-likeness (QED) is 0.531. The van der Waals surface area contributed by atoms with Crippen LogP contribution in [0.25, 0.3) is 0 Å². The molecule has 0 aliphatic rings. The summed E-state index contributed by atoms with van der Waals surface area (Å²) < 4.78 is 4.55. The van der Waals surface area contributed by atoms with Gasteiger partial charge in [0.2, 0.25) is 0 Å². The average Bonchev–Trinajstić information content (AvgIpc) is 1.63. The summed E-state index contributed by atoms with van der Waals surface area (Å²) in [4.78, 5) is 9.60. The van der Waals surface area contributed by atoms with E-state index in [1.54, 1.807) is 0 Å². The van der Waals surface area contributed by atoms with Gasteiger partial charge in [-0.15, -0.1) is 0 Å². The van der Waals surface area contributed by atoms with Crippen molar-refractivity contribution >= 4 is 6.47 Å². The zero-order valence-corrected chi connectivity index (χ0v) is 7.60. The Kier molecular flexibility index (Phi) is 8.02. The fourth-order valence-corrected chi connectivity index (χ4v) is 0.144. The number of ether oxygens (including phenoxy) is 1. The number of rotatable bonds is 1. The van der Waals surface area contributed by atoms with Gasteiger partial charge in [0.25, 0.3) is 6.47 Å². The molecule has 0 amide bonds. The average molecular weight is 146 g/mol. The third-order valence-corrected chi connectivity index (χ3v) is 0.402. The molecule has 62 valence electrons. The van der Waals surface area contributed by atoms with Gasteiger partial charge in [-0.3, -0.25) is 4.79 Å². The van der Waals surface area contributed by atoms with Crippen LogP contribution in [-0.2, 0) is 9.53 Å². The van der Waals surface area contributed by atoms with Gasteiger partial charge in [-0.2, -0.15) is 0 Å². The van der Waals surface area contributed by atoms with Crippen molar-refractivity contribution in [1.29, 1.82) is 0 Å². The van der Waals surface area contributed by atoms with Crippen LogP contribution in [0.2, 0.25) is 0 Å². The molecule has 0 atom stereocenters. The van der Waals surface area contributed by atoms with E-state index in [0.29, 0.717) is 6.47 Å². The highest BCUT2D eigenvalue weighted by Crippen LogP contribution is 2.02. The zero-order chi connectivity index (χ0) is 8.62. The molecule has 0 heterocycles. The second-order valence-corrected chi connectivity index (χ2v) is 3.03. The van der Waals surface area contributed by atoms with Crippen LogP contribution in [-0.4, -0.2) is 12.1 Å². The minimum atomic E-state index is -0.318. The van der Waals surface area contributed by atoms with E-state index in [1.807, 2.05) is 20.8 Å². The molecule has 0 rings (SSSR count). The highest BCUT2D eigenvalue weighted by molar-refractivity contribution is 5.37. The highest BCUT2D eigenvalue weighted by atomic mass is 16.5. The van der Waals surface area contributed by atoms with E-state index >= 15 is 0 Å². The summed E-state index contributed by atoms with van der Waals surface area (Å²) in [6.07, 6.45) is 1.25. The molecule has 0 unspecified atom stereocenters. The Balaban J connectivity index is 0. The molecule has 0 aromatic carbocycles. The first kappa shape index (κ1) is 12.2. The predicted molar refractivity (Wildman–Crippen MR) is 42.9 cm³/mol. The fraction of sp³-hybridized carbons (Fsp3) is 0.875. The molecule has 0 aliphatic carbocycles. The smallest absolute Gasteiger partial charge is 0.293 e. The van der Waals surface area contributed by atoms with Crippen LogP contribution >= 0.6 is 0 Å². The Bertz CT molecular complexity index is 71.8. The standard InChI is InChI=1S/C5H10O2.C3H8/c1-5(2,3)7-4-6;1-3-2/h4H,1-3H3;3H2,1-2H3. The third-order valence-electron chi connectivity index (χ3n) is 0.402. The van der Waals surface area contributed by atoms with E-state index in [2.05, 4.69) is 18.6 Å². The summed E-state index contributed by atoms with van der Waals surface area (Å²) in [7, 11) is 0. The largest absolute Gasteiger partial charge is 0.462 e. The second kappa shape index (κ2) is 6.59. The van der Waals surface area contributed by atoms with Crippen molar-refractivity contribution in [2.75, 3.05) is 0 Å². The molecule has 0 saturated carbocycles. The van der Waals surface area contributed by atoms with Crippen LogP contribution < -0.4 is 0 Å². The maximum atomic E-state index is 9.60. The number of hydrogen-bond acceptors (Lipinski definition) is 2. The van der Waals surface area contributed by atoms with Gasteiger partial charge in [-0.05, 0) is 20.8 Å². The predicted octanol–water partition coefficient (Wildman–Crippen LogP) is 2.37. The summed E-state index contributed by atoms with van der Waals surface area (Å²) in [6, 6.07) is 0. The molecule has 0 aromatic rings. The summed E-state index contributed by atoms with van der Waals surface area (Å²) in [5.74, 6) is 0. The lowest BCUT2D eigenvalue weighted by Crippen LogP contribution is -2.17. The van der Waals surface area contributed by atoms with E-state index in [-0.39, 0.29) is 5.60 Å². The molecule has 0 saturated heterocycles. The summed E-state index contributed by atoms with van der Waals surface area (Å²) >= 11 is 0. The minimum absolute atomic E-state index is 0.318. The molecule has 0 aromatic heterocycles. The Labute approximate surface area is 63.6 Å². The minimum Gasteiger partial charge on any atom is -0.462 e. The van der Waals surface area contributed by atoms with Gasteiger partial charge in [0.05, 0.1) is 0 Å². The van der Waals surface area contributed by atoms with E-state index in [4.69, 9.17) is 0 Å². The lowest BCUT2D eigenvalue weighted by molar-refractivity contribution is -0.138. The lowest BCUT2D eigenvalue weighted by Gasteiger charge is -2.14. The Morgan fingerprint density at radius 2 is 1.60 bits per heavy atom. The van der Waals surface area contributed by atoms with Gasteiger partial charge in [0.15, 0.2) is 0 Å². The van der Waals surface area contributed by atoms with E-state index in [0.717, 1.165) is 0 Å². The highest BCUT2D eigenvalue weighted by Gasteiger charge is 2.07. The van der Waals surface area contributed by atoms with Crippen molar-refractivity contribution in [1.82, 2.24) is 0 Å². The Morgan fingerprint density at radius 1 is 1.30 bits per heavy atom. The van der Waals surface area contributed by atoms with Gasteiger partial charge >= 0.3 is 0 Å². The number of carbonyl (C=O) groups is 1. The van der Waals surface area contributed by atoms with Crippen molar-refractivity contribution in [3.8, 4) is 0 Å². The monoisotopic (exact) mass is 146 g/mol. The van der Waals surface area contributed by atoms with Crippen molar-refractivity contribution in [2.45, 2.75) is 46.6 Å². The van der Waals surface area contributed by atoms with Crippen LogP contribution in [0.1, 0.15) is 41.0 Å². The molecule has 0 N–H and O–H groups in total. The third kappa shape index (κ3) is 26.0. The second-order valence-electron chi connectivity index (χ2n) is 3.03. The van der Waals surface area contributed by atoms with Crippen LogP contribution in [0.15, 0.2) is 0 Å². The normalized spacial score (nSPS) is 9.30. The summed E-state index contributed by atoms with van der Waals surface area (Å²) in [6.45, 7) is 10.2. The van der Waals surface area contributed by atoms with E-state index in [1.165, 1.54) is 6.42 Å². The van der Waals surface area contributed by atoms with Crippen LogP contribution in [0.5, 0.6) is 0 Å². The lowest BCUT2D eigenvalue weighted by atomic mass is 10.2. The van der Waals surface area contributed by atoms with Crippen LogP contribution in [0, 0.1) is 0 Å². The molecule has 0 bridgehead atoms. The molecule has 0 fully saturated rings. The summed E-state index contributed by atoms with van der Waals surface area (Å²) in [5, 5.41) is 0. The van der Waals surface area contributed by atoms with Gasteiger partial charge in [0.1, 0.15) is 5.60 Å². The zero-order valence-electron chi connectivity index (χ0n) is 7.60. The first-order valence-corrected chi connectivity index (χ1v) is 3.59. The fourth-order valence-electron chi connectivity index (χ4n) is 0.144. The molecule has 2 heteroatoms. The van der Waals surface area contributed by atoms with Gasteiger partial charge < -0.3 is 4.74 Å². The van der Waals surface area contributed by atoms with Gasteiger partial charge in [0, 0.05) is 0 Å². The topological polar surface area (TPSA) is 26.3 Å². The van der Waals surface area contributed by atoms with Crippen molar-refractivity contribution in [3.05, 3.63) is 0 Å².